The van der Waals surface area contributed by atoms with Crippen molar-refractivity contribution in [2.75, 3.05) is 26.3 Å². The predicted octanol–water partition coefficient (Wildman–Crippen LogP) is 4.80. The summed E-state index contributed by atoms with van der Waals surface area (Å²) in [5, 5.41) is 9.81. The summed E-state index contributed by atoms with van der Waals surface area (Å²) in [6, 6.07) is 0. The normalized spacial score (nSPS) is 29.6. The minimum absolute atomic E-state index is 0.0648. The molecular weight excluding hydrogens is 400 g/mol. The number of aliphatic hydroxyl groups excluding tert-OH is 1. The van der Waals surface area contributed by atoms with Crippen LogP contribution in [0, 0.1) is 0 Å². The molecule has 0 aromatic rings. The average molecular weight is 451 g/mol. The summed E-state index contributed by atoms with van der Waals surface area (Å²) in [4.78, 5) is 4.97. The molecular formula is C27H50N2O3. The lowest BCUT2D eigenvalue weighted by molar-refractivity contribution is -0.100. The fourth-order valence-electron chi connectivity index (χ4n) is 6.26. The van der Waals surface area contributed by atoms with Crippen molar-refractivity contribution in [3.63, 3.8) is 0 Å². The first-order valence-corrected chi connectivity index (χ1v) is 12.3. The second-order valence-corrected chi connectivity index (χ2v) is 12.4. The third kappa shape index (κ3) is 7.14. The number of hydrogen-bond donors (Lipinski definition) is 1. The molecule has 3 aliphatic rings. The molecule has 1 unspecified atom stereocenters. The lowest BCUT2D eigenvalue weighted by Gasteiger charge is -2.55. The fraction of sp³-hybridized carbons (Fsp3) is 0.852. The number of hydrogen-bond acceptors (Lipinski definition) is 5. The van der Waals surface area contributed by atoms with Crippen LogP contribution in [0.1, 0.15) is 81.1 Å². The van der Waals surface area contributed by atoms with E-state index in [9.17, 15) is 5.11 Å². The van der Waals surface area contributed by atoms with E-state index in [4.69, 9.17) is 9.47 Å². The number of ether oxygens (including phenoxy) is 2. The third-order valence-electron chi connectivity index (χ3n) is 7.39. The monoisotopic (exact) mass is 450 g/mol. The first-order chi connectivity index (χ1) is 14.6. The Hall–Kier alpha value is -0.720. The molecule has 0 aromatic carbocycles. The number of likely N-dealkylation sites (tertiary alicyclic amines) is 2. The van der Waals surface area contributed by atoms with Gasteiger partial charge in [-0.15, -0.1) is 13.2 Å². The topological polar surface area (TPSA) is 48.5 Å². The summed E-state index contributed by atoms with van der Waals surface area (Å²) in [6.45, 7) is 29.2. The highest BCUT2D eigenvalue weighted by molar-refractivity contribution is 5.03. The summed E-state index contributed by atoms with van der Waals surface area (Å²) in [7, 11) is 0. The van der Waals surface area contributed by atoms with Gasteiger partial charge in [0.1, 0.15) is 6.10 Å². The summed E-state index contributed by atoms with van der Waals surface area (Å²) in [6.07, 6.45) is 8.36. The molecule has 0 bridgehead atoms. The molecule has 5 nitrogen and oxygen atoms in total. The molecule has 0 saturated carbocycles. The zero-order chi connectivity index (χ0) is 24.4. The summed E-state index contributed by atoms with van der Waals surface area (Å²) >= 11 is 0. The van der Waals surface area contributed by atoms with Crippen LogP contribution >= 0.6 is 0 Å². The van der Waals surface area contributed by atoms with Crippen LogP contribution in [0.4, 0.5) is 0 Å². The quantitative estimate of drug-likeness (QED) is 0.446. The summed E-state index contributed by atoms with van der Waals surface area (Å²) < 4.78 is 11.2. The van der Waals surface area contributed by atoms with Gasteiger partial charge in [0.15, 0.2) is 0 Å². The van der Waals surface area contributed by atoms with Crippen LogP contribution in [-0.2, 0) is 9.47 Å². The first-order valence-electron chi connectivity index (χ1n) is 12.3. The van der Waals surface area contributed by atoms with E-state index in [1.165, 1.54) is 0 Å². The van der Waals surface area contributed by atoms with Gasteiger partial charge in [-0.2, -0.15) is 0 Å². The highest BCUT2D eigenvalue weighted by Gasteiger charge is 2.45. The Balaban J connectivity index is 0.000000235. The van der Waals surface area contributed by atoms with E-state index in [0.29, 0.717) is 12.2 Å². The lowest BCUT2D eigenvalue weighted by Crippen LogP contribution is -2.62. The largest absolute Gasteiger partial charge is 0.393 e. The lowest BCUT2D eigenvalue weighted by atomic mass is 9.78. The van der Waals surface area contributed by atoms with Gasteiger partial charge in [0.2, 0.25) is 0 Å². The fourth-order valence-corrected chi connectivity index (χ4v) is 6.26. The van der Waals surface area contributed by atoms with Crippen molar-refractivity contribution in [2.45, 2.75) is 122 Å². The summed E-state index contributed by atoms with van der Waals surface area (Å²) in [5.41, 5.74) is 0.445. The van der Waals surface area contributed by atoms with Gasteiger partial charge in [-0.05, 0) is 81.1 Å². The Morgan fingerprint density at radius 2 is 1.19 bits per heavy atom. The van der Waals surface area contributed by atoms with Crippen molar-refractivity contribution in [1.29, 1.82) is 0 Å². The minimum Gasteiger partial charge on any atom is -0.393 e. The van der Waals surface area contributed by atoms with Crippen LogP contribution in [0.2, 0.25) is 0 Å². The Morgan fingerprint density at radius 1 is 0.812 bits per heavy atom. The maximum absolute atomic E-state index is 9.81. The molecule has 0 radical (unpaired) electrons. The van der Waals surface area contributed by atoms with E-state index in [2.05, 4.69) is 78.3 Å². The van der Waals surface area contributed by atoms with Gasteiger partial charge in [0.25, 0.3) is 0 Å². The van der Waals surface area contributed by atoms with Gasteiger partial charge >= 0.3 is 0 Å². The van der Waals surface area contributed by atoms with E-state index in [0.717, 1.165) is 52.0 Å². The van der Waals surface area contributed by atoms with Crippen LogP contribution < -0.4 is 0 Å². The van der Waals surface area contributed by atoms with Crippen molar-refractivity contribution >= 4 is 0 Å². The first kappa shape index (κ1) is 27.5. The summed E-state index contributed by atoms with van der Waals surface area (Å²) in [5.74, 6) is 0. The SMILES string of the molecule is C=CCN1C(C)(C)CC(O)CC1(C)C.C=CCN1C(C)(C)CC(OCC2CO2)CC1(C)C. The predicted molar refractivity (Wildman–Crippen MR) is 134 cm³/mol. The van der Waals surface area contributed by atoms with Crippen LogP contribution in [0.3, 0.4) is 0 Å². The average Bonchev–Trinajstić information content (AvgIpc) is 3.43. The molecule has 0 aromatic heterocycles. The van der Waals surface area contributed by atoms with Crippen molar-refractivity contribution in [3.8, 4) is 0 Å². The number of epoxide rings is 1. The van der Waals surface area contributed by atoms with Crippen molar-refractivity contribution in [2.24, 2.45) is 0 Å². The molecule has 186 valence electrons. The Bertz CT molecular complexity index is 601. The Morgan fingerprint density at radius 3 is 1.53 bits per heavy atom. The Kier molecular flexibility index (Phi) is 8.83. The van der Waals surface area contributed by atoms with Crippen molar-refractivity contribution in [1.82, 2.24) is 9.80 Å². The van der Waals surface area contributed by atoms with Gasteiger partial charge in [-0.25, -0.2) is 0 Å². The molecule has 0 spiro atoms. The highest BCUT2D eigenvalue weighted by atomic mass is 16.6. The van der Waals surface area contributed by atoms with Gasteiger partial charge < -0.3 is 14.6 Å². The molecule has 32 heavy (non-hydrogen) atoms. The molecule has 0 amide bonds. The molecule has 3 rings (SSSR count). The van der Waals surface area contributed by atoms with Gasteiger partial charge in [-0.3, -0.25) is 9.80 Å². The second-order valence-electron chi connectivity index (χ2n) is 12.4. The molecule has 3 aliphatic heterocycles. The van der Waals surface area contributed by atoms with Crippen molar-refractivity contribution < 1.29 is 14.6 Å². The van der Waals surface area contributed by atoms with Gasteiger partial charge in [0, 0.05) is 35.2 Å². The molecule has 3 fully saturated rings. The molecule has 3 heterocycles. The number of aliphatic hydroxyl groups is 1. The zero-order valence-corrected chi connectivity index (χ0v) is 22.1. The standard InChI is InChI=1S/C15H27NO2.C12H23NO/c1-6-7-16-14(2,3)8-12(9-15(16,4)5)17-10-13-11-18-13;1-6-7-13-11(2,3)8-10(14)9-12(13,4)5/h6,12-13H,1,7-11H2,2-5H3;6,10,14H,1,7-9H2,2-5H3. The molecule has 5 heteroatoms. The minimum atomic E-state index is -0.166. The van der Waals surface area contributed by atoms with E-state index in [1.807, 2.05) is 12.2 Å². The van der Waals surface area contributed by atoms with Crippen LogP contribution in [0.15, 0.2) is 25.3 Å². The molecule has 0 aliphatic carbocycles. The smallest absolute Gasteiger partial charge is 0.104 e. The Labute approximate surface area is 197 Å². The zero-order valence-electron chi connectivity index (χ0n) is 22.1. The highest BCUT2D eigenvalue weighted by Crippen LogP contribution is 2.40. The van der Waals surface area contributed by atoms with E-state index in [-0.39, 0.29) is 28.3 Å². The van der Waals surface area contributed by atoms with Crippen LogP contribution in [0.25, 0.3) is 0 Å². The molecule has 1 N–H and O–H groups in total. The van der Waals surface area contributed by atoms with Gasteiger partial charge in [-0.1, -0.05) is 12.2 Å². The van der Waals surface area contributed by atoms with Crippen LogP contribution in [-0.4, -0.2) is 81.7 Å². The number of rotatable bonds is 7. The van der Waals surface area contributed by atoms with Crippen molar-refractivity contribution in [3.05, 3.63) is 25.3 Å². The second kappa shape index (κ2) is 10.3. The maximum atomic E-state index is 9.81. The number of nitrogens with zero attached hydrogens (tertiary/aromatic N) is 2. The van der Waals surface area contributed by atoms with Crippen LogP contribution in [0.5, 0.6) is 0 Å². The number of piperidine rings is 2. The molecule has 3 saturated heterocycles. The van der Waals surface area contributed by atoms with E-state index < -0.39 is 0 Å². The van der Waals surface area contributed by atoms with E-state index in [1.54, 1.807) is 0 Å². The third-order valence-corrected chi connectivity index (χ3v) is 7.39. The van der Waals surface area contributed by atoms with Gasteiger partial charge in [0.05, 0.1) is 25.4 Å². The molecule has 1 atom stereocenters. The maximum Gasteiger partial charge on any atom is 0.104 e. The van der Waals surface area contributed by atoms with E-state index >= 15 is 0 Å².